The van der Waals surface area contributed by atoms with Gasteiger partial charge in [-0.05, 0) is 25.1 Å². The number of imidazole rings is 1. The molecule has 0 spiro atoms. The van der Waals surface area contributed by atoms with Crippen LogP contribution < -0.4 is 10.1 Å². The molecule has 0 aliphatic carbocycles. The number of aromatic amines is 1. The van der Waals surface area contributed by atoms with E-state index in [-0.39, 0.29) is 5.91 Å². The second-order valence-electron chi connectivity index (χ2n) is 5.59. The summed E-state index contributed by atoms with van der Waals surface area (Å²) in [6.45, 7) is 1.85. The highest BCUT2D eigenvalue weighted by Crippen LogP contribution is 2.25. The number of fused-ring (bicyclic) bond motifs is 1. The minimum absolute atomic E-state index is 0.223. The second kappa shape index (κ2) is 6.57. The van der Waals surface area contributed by atoms with Gasteiger partial charge in [0.25, 0.3) is 5.91 Å². The van der Waals surface area contributed by atoms with Crippen molar-refractivity contribution in [1.29, 1.82) is 0 Å². The third-order valence-electron chi connectivity index (χ3n) is 3.94. The largest absolute Gasteiger partial charge is 0.497 e. The first-order valence-corrected chi connectivity index (χ1v) is 8.74. The van der Waals surface area contributed by atoms with Crippen molar-refractivity contribution in [3.8, 4) is 17.3 Å². The Kier molecular flexibility index (Phi) is 4.10. The lowest BCUT2D eigenvalue weighted by molar-refractivity contribution is 0.102. The Bertz CT molecular complexity index is 1100. The molecule has 4 rings (SSSR count). The summed E-state index contributed by atoms with van der Waals surface area (Å²) in [5, 5.41) is 3.63. The van der Waals surface area contributed by atoms with Crippen LogP contribution in [-0.4, -0.2) is 33.0 Å². The number of benzene rings is 1. The van der Waals surface area contributed by atoms with Gasteiger partial charge in [0.1, 0.15) is 22.0 Å². The maximum absolute atomic E-state index is 12.7. The van der Waals surface area contributed by atoms with Crippen LogP contribution in [0.15, 0.2) is 42.0 Å². The number of anilines is 1. The highest BCUT2D eigenvalue weighted by Gasteiger charge is 2.16. The number of nitrogens with zero attached hydrogens (tertiary/aromatic N) is 3. The first kappa shape index (κ1) is 16.2. The molecule has 0 bridgehead atoms. The van der Waals surface area contributed by atoms with E-state index in [4.69, 9.17) is 4.74 Å². The van der Waals surface area contributed by atoms with Crippen LogP contribution in [0.3, 0.4) is 0 Å². The number of amides is 1. The maximum atomic E-state index is 12.7. The van der Waals surface area contributed by atoms with Gasteiger partial charge < -0.3 is 15.0 Å². The zero-order valence-electron chi connectivity index (χ0n) is 14.1. The Morgan fingerprint density at radius 2 is 2.15 bits per heavy atom. The number of methoxy groups -OCH3 is 1. The molecule has 7 nitrogen and oxygen atoms in total. The summed E-state index contributed by atoms with van der Waals surface area (Å²) in [4.78, 5) is 29.0. The van der Waals surface area contributed by atoms with Crippen molar-refractivity contribution in [2.24, 2.45) is 0 Å². The topological polar surface area (TPSA) is 92.8 Å². The molecule has 1 aromatic carbocycles. The Morgan fingerprint density at radius 3 is 2.92 bits per heavy atom. The molecule has 0 aliphatic rings. The van der Waals surface area contributed by atoms with Gasteiger partial charge in [-0.3, -0.25) is 9.78 Å². The Hall–Kier alpha value is -3.26. The van der Waals surface area contributed by atoms with Crippen molar-refractivity contribution >= 4 is 33.3 Å². The molecule has 3 heterocycles. The lowest BCUT2D eigenvalue weighted by Gasteiger charge is -2.04. The molecule has 26 heavy (non-hydrogen) atoms. The van der Waals surface area contributed by atoms with E-state index < -0.39 is 0 Å². The zero-order chi connectivity index (χ0) is 18.1. The molecular formula is C18H15N5O2S. The summed E-state index contributed by atoms with van der Waals surface area (Å²) >= 11 is 1.39. The normalized spacial score (nSPS) is 10.8. The SMILES string of the molecule is COc1ccnc(-c2nc3c(C(=O)Nc4scnc4C)cccc3[nH]2)c1. The minimum atomic E-state index is -0.223. The maximum Gasteiger partial charge on any atom is 0.258 e. The Labute approximate surface area is 153 Å². The molecule has 1 amide bonds. The molecule has 0 unspecified atom stereocenters. The smallest absolute Gasteiger partial charge is 0.258 e. The third kappa shape index (κ3) is 2.91. The predicted octanol–water partition coefficient (Wildman–Crippen LogP) is 3.65. The number of aryl methyl sites for hydroxylation is 1. The Morgan fingerprint density at radius 1 is 1.27 bits per heavy atom. The highest BCUT2D eigenvalue weighted by atomic mass is 32.1. The lowest BCUT2D eigenvalue weighted by atomic mass is 10.1. The van der Waals surface area contributed by atoms with Crippen molar-refractivity contribution in [3.05, 3.63) is 53.3 Å². The van der Waals surface area contributed by atoms with Crippen LogP contribution >= 0.6 is 11.3 Å². The number of para-hydroxylation sites is 1. The first-order valence-electron chi connectivity index (χ1n) is 7.86. The molecule has 130 valence electrons. The number of H-pyrrole nitrogens is 1. The summed E-state index contributed by atoms with van der Waals surface area (Å²) in [5.41, 5.74) is 4.97. The summed E-state index contributed by atoms with van der Waals surface area (Å²) in [7, 11) is 1.60. The number of thiazole rings is 1. The molecule has 0 radical (unpaired) electrons. The highest BCUT2D eigenvalue weighted by molar-refractivity contribution is 7.14. The van der Waals surface area contributed by atoms with Crippen LogP contribution in [0.5, 0.6) is 5.75 Å². The summed E-state index contributed by atoms with van der Waals surface area (Å²) < 4.78 is 5.23. The van der Waals surface area contributed by atoms with Gasteiger partial charge in [0.05, 0.1) is 29.4 Å². The predicted molar refractivity (Wildman–Crippen MR) is 101 cm³/mol. The number of carbonyl (C=O) groups excluding carboxylic acids is 1. The number of aromatic nitrogens is 4. The van der Waals surface area contributed by atoms with Crippen LogP contribution in [0.25, 0.3) is 22.6 Å². The fraction of sp³-hybridized carbons (Fsp3) is 0.111. The van der Waals surface area contributed by atoms with E-state index >= 15 is 0 Å². The molecule has 8 heteroatoms. The Balaban J connectivity index is 1.73. The summed E-state index contributed by atoms with van der Waals surface area (Å²) in [5.74, 6) is 1.04. The fourth-order valence-electron chi connectivity index (χ4n) is 2.60. The molecule has 0 atom stereocenters. The van der Waals surface area contributed by atoms with Crippen molar-refractivity contribution < 1.29 is 9.53 Å². The monoisotopic (exact) mass is 365 g/mol. The van der Waals surface area contributed by atoms with Gasteiger partial charge in [-0.15, -0.1) is 11.3 Å². The van der Waals surface area contributed by atoms with E-state index in [0.717, 1.165) is 16.2 Å². The van der Waals surface area contributed by atoms with Crippen molar-refractivity contribution in [2.75, 3.05) is 12.4 Å². The number of ether oxygens (including phenoxy) is 1. The second-order valence-corrected chi connectivity index (χ2v) is 6.44. The molecule has 0 saturated heterocycles. The minimum Gasteiger partial charge on any atom is -0.497 e. The molecule has 0 aliphatic heterocycles. The average Bonchev–Trinajstić information content (AvgIpc) is 3.27. The molecule has 4 aromatic rings. The third-order valence-corrected chi connectivity index (χ3v) is 4.78. The van der Waals surface area contributed by atoms with Gasteiger partial charge in [0, 0.05) is 12.3 Å². The van der Waals surface area contributed by atoms with Gasteiger partial charge in [-0.1, -0.05) is 6.07 Å². The molecule has 0 fully saturated rings. The first-order chi connectivity index (χ1) is 12.7. The number of pyridine rings is 1. The fourth-order valence-corrected chi connectivity index (χ4v) is 3.29. The van der Waals surface area contributed by atoms with E-state index in [1.165, 1.54) is 11.3 Å². The number of rotatable bonds is 4. The molecule has 2 N–H and O–H groups in total. The lowest BCUT2D eigenvalue weighted by Crippen LogP contribution is -2.12. The van der Waals surface area contributed by atoms with Crippen LogP contribution in [-0.2, 0) is 0 Å². The zero-order valence-corrected chi connectivity index (χ0v) is 14.9. The number of carbonyl (C=O) groups is 1. The van der Waals surface area contributed by atoms with E-state index in [1.54, 1.807) is 37.0 Å². The van der Waals surface area contributed by atoms with E-state index in [9.17, 15) is 4.79 Å². The van der Waals surface area contributed by atoms with Crippen molar-refractivity contribution in [2.45, 2.75) is 6.92 Å². The van der Waals surface area contributed by atoms with Crippen molar-refractivity contribution in [1.82, 2.24) is 19.9 Å². The van der Waals surface area contributed by atoms with Gasteiger partial charge in [0.15, 0.2) is 5.82 Å². The van der Waals surface area contributed by atoms with Crippen LogP contribution in [0.4, 0.5) is 5.00 Å². The van der Waals surface area contributed by atoms with Crippen LogP contribution in [0.1, 0.15) is 16.1 Å². The van der Waals surface area contributed by atoms with E-state index in [1.807, 2.05) is 19.1 Å². The van der Waals surface area contributed by atoms with E-state index in [2.05, 4.69) is 25.3 Å². The summed E-state index contributed by atoms with van der Waals surface area (Å²) in [6, 6.07) is 9.00. The van der Waals surface area contributed by atoms with Gasteiger partial charge >= 0.3 is 0 Å². The quantitative estimate of drug-likeness (QED) is 0.576. The van der Waals surface area contributed by atoms with Gasteiger partial charge in [-0.2, -0.15) is 0 Å². The van der Waals surface area contributed by atoms with Crippen LogP contribution in [0.2, 0.25) is 0 Å². The average molecular weight is 365 g/mol. The van der Waals surface area contributed by atoms with Crippen LogP contribution in [0, 0.1) is 6.92 Å². The molecular weight excluding hydrogens is 350 g/mol. The van der Waals surface area contributed by atoms with Gasteiger partial charge in [0.2, 0.25) is 0 Å². The standard InChI is InChI=1S/C18H15N5O2S/c1-10-18(26-9-20-10)23-17(24)12-4-3-5-13-15(12)22-16(21-13)14-8-11(25-2)6-7-19-14/h3-9H,1-2H3,(H,21,22)(H,23,24). The van der Waals surface area contributed by atoms with Crippen molar-refractivity contribution in [3.63, 3.8) is 0 Å². The molecule has 0 saturated carbocycles. The number of hydrogen-bond acceptors (Lipinski definition) is 6. The van der Waals surface area contributed by atoms with E-state index in [0.29, 0.717) is 28.3 Å². The number of nitrogens with one attached hydrogen (secondary N) is 2. The molecule has 3 aromatic heterocycles. The number of hydrogen-bond donors (Lipinski definition) is 2. The van der Waals surface area contributed by atoms with Gasteiger partial charge in [-0.25, -0.2) is 9.97 Å². The summed E-state index contributed by atoms with van der Waals surface area (Å²) in [6.07, 6.45) is 1.65.